The molecule has 166 valence electrons. The standard InChI is InChI=1S/C22H22N4O5S/c27-20(13-32-14-21(28)26-7-10-30-11-8-26)24-25-22(29)16-12-18(19-6-3-9-31-19)23-17-5-2-1-4-15(16)17/h1-6,9,12H,7-8,10-11,13-14H2,(H,24,27)(H,25,29). The number of carbonyl (C=O) groups is 3. The molecule has 1 aromatic carbocycles. The normalized spacial score (nSPS) is 13.7. The van der Waals surface area contributed by atoms with Gasteiger partial charge in [0.05, 0.1) is 42.1 Å². The summed E-state index contributed by atoms with van der Waals surface area (Å²) < 4.78 is 10.6. The van der Waals surface area contributed by atoms with Crippen LogP contribution in [0.25, 0.3) is 22.4 Å². The van der Waals surface area contributed by atoms with E-state index in [1.807, 2.05) is 12.1 Å². The number of aromatic nitrogens is 1. The largest absolute Gasteiger partial charge is 0.463 e. The number of morpholine rings is 1. The van der Waals surface area contributed by atoms with Crippen LogP contribution in [-0.2, 0) is 14.3 Å². The Kier molecular flexibility index (Phi) is 7.03. The molecular formula is C22H22N4O5S. The van der Waals surface area contributed by atoms with E-state index in [1.54, 1.807) is 35.2 Å². The topological polar surface area (TPSA) is 114 Å². The first-order valence-corrected chi connectivity index (χ1v) is 11.2. The predicted molar refractivity (Wildman–Crippen MR) is 120 cm³/mol. The number of furan rings is 1. The van der Waals surface area contributed by atoms with Gasteiger partial charge in [-0.05, 0) is 24.3 Å². The van der Waals surface area contributed by atoms with E-state index in [4.69, 9.17) is 9.15 Å². The van der Waals surface area contributed by atoms with E-state index in [0.717, 1.165) is 0 Å². The number of hydrogen-bond acceptors (Lipinski definition) is 7. The molecule has 0 aliphatic carbocycles. The summed E-state index contributed by atoms with van der Waals surface area (Å²) in [6.45, 7) is 2.21. The van der Waals surface area contributed by atoms with Gasteiger partial charge in [-0.15, -0.1) is 11.8 Å². The molecule has 3 amide bonds. The highest BCUT2D eigenvalue weighted by molar-refractivity contribution is 8.00. The van der Waals surface area contributed by atoms with Crippen molar-refractivity contribution in [3.05, 3.63) is 54.3 Å². The van der Waals surface area contributed by atoms with Gasteiger partial charge >= 0.3 is 0 Å². The van der Waals surface area contributed by atoms with Crippen LogP contribution in [0.4, 0.5) is 0 Å². The maximum absolute atomic E-state index is 12.8. The minimum atomic E-state index is -0.473. The molecule has 2 aromatic heterocycles. The average Bonchev–Trinajstić information content (AvgIpc) is 3.37. The van der Waals surface area contributed by atoms with Crippen LogP contribution in [0.2, 0.25) is 0 Å². The van der Waals surface area contributed by atoms with Crippen LogP contribution in [0.15, 0.2) is 53.1 Å². The van der Waals surface area contributed by atoms with Crippen molar-refractivity contribution in [3.63, 3.8) is 0 Å². The second-order valence-corrected chi connectivity index (χ2v) is 8.02. The maximum atomic E-state index is 12.8. The van der Waals surface area contributed by atoms with Crippen LogP contribution < -0.4 is 10.9 Å². The summed E-state index contributed by atoms with van der Waals surface area (Å²) in [5.41, 5.74) is 6.36. The molecular weight excluding hydrogens is 432 g/mol. The van der Waals surface area contributed by atoms with E-state index in [0.29, 0.717) is 54.2 Å². The fraction of sp³-hybridized carbons (Fsp3) is 0.273. The summed E-state index contributed by atoms with van der Waals surface area (Å²) in [7, 11) is 0. The minimum Gasteiger partial charge on any atom is -0.463 e. The number of benzene rings is 1. The number of rotatable bonds is 6. The fourth-order valence-electron chi connectivity index (χ4n) is 3.28. The first-order valence-electron chi connectivity index (χ1n) is 10.1. The van der Waals surface area contributed by atoms with Crippen LogP contribution in [0, 0.1) is 0 Å². The number of ether oxygens (including phenoxy) is 1. The molecule has 3 heterocycles. The quantitative estimate of drug-likeness (QED) is 0.547. The van der Waals surface area contributed by atoms with Gasteiger partial charge in [-0.3, -0.25) is 25.2 Å². The minimum absolute atomic E-state index is 0.0242. The number of nitrogens with zero attached hydrogens (tertiary/aromatic N) is 2. The zero-order valence-electron chi connectivity index (χ0n) is 17.2. The summed E-state index contributed by atoms with van der Waals surface area (Å²) in [4.78, 5) is 43.3. The first-order chi connectivity index (χ1) is 15.6. The Morgan fingerprint density at radius 3 is 2.62 bits per heavy atom. The van der Waals surface area contributed by atoms with E-state index in [2.05, 4.69) is 15.8 Å². The molecule has 0 bridgehead atoms. The summed E-state index contributed by atoms with van der Waals surface area (Å²) in [6, 6.07) is 12.4. The molecule has 1 aliphatic heterocycles. The van der Waals surface area contributed by atoms with Gasteiger partial charge in [0.15, 0.2) is 5.76 Å². The maximum Gasteiger partial charge on any atom is 0.270 e. The van der Waals surface area contributed by atoms with Gasteiger partial charge in [-0.1, -0.05) is 18.2 Å². The van der Waals surface area contributed by atoms with Crippen molar-refractivity contribution in [2.45, 2.75) is 0 Å². The molecule has 32 heavy (non-hydrogen) atoms. The van der Waals surface area contributed by atoms with Crippen molar-refractivity contribution < 1.29 is 23.5 Å². The first kappa shape index (κ1) is 21.8. The van der Waals surface area contributed by atoms with Crippen LogP contribution >= 0.6 is 11.8 Å². The Morgan fingerprint density at radius 1 is 1.03 bits per heavy atom. The number of para-hydroxylation sites is 1. The van der Waals surface area contributed by atoms with Gasteiger partial charge < -0.3 is 14.1 Å². The van der Waals surface area contributed by atoms with Gasteiger partial charge in [0.1, 0.15) is 5.69 Å². The number of fused-ring (bicyclic) bond motifs is 1. The van der Waals surface area contributed by atoms with E-state index in [1.165, 1.54) is 18.0 Å². The molecule has 3 aromatic rings. The number of carbonyl (C=O) groups excluding carboxylic acids is 3. The highest BCUT2D eigenvalue weighted by Gasteiger charge is 2.18. The van der Waals surface area contributed by atoms with Gasteiger partial charge in [-0.2, -0.15) is 0 Å². The zero-order valence-corrected chi connectivity index (χ0v) is 18.0. The van der Waals surface area contributed by atoms with Gasteiger partial charge in [0.25, 0.3) is 5.91 Å². The third-order valence-corrected chi connectivity index (χ3v) is 5.79. The molecule has 1 fully saturated rings. The third kappa shape index (κ3) is 5.27. The molecule has 1 saturated heterocycles. The Labute approximate surface area is 188 Å². The molecule has 0 radical (unpaired) electrons. The second-order valence-electron chi connectivity index (χ2n) is 7.04. The highest BCUT2D eigenvalue weighted by Crippen LogP contribution is 2.25. The summed E-state index contributed by atoms with van der Waals surface area (Å²) in [5.74, 6) is -0.116. The molecule has 0 unspecified atom stereocenters. The Hall–Kier alpha value is -3.37. The molecule has 0 saturated carbocycles. The SMILES string of the molecule is O=C(CSCC(=O)N1CCOCC1)NNC(=O)c1cc(-c2ccco2)nc2ccccc12. The molecule has 10 heteroatoms. The monoisotopic (exact) mass is 454 g/mol. The lowest BCUT2D eigenvalue weighted by atomic mass is 10.1. The Bertz CT molecular complexity index is 1110. The van der Waals surface area contributed by atoms with Gasteiger partial charge in [0.2, 0.25) is 11.8 Å². The van der Waals surface area contributed by atoms with Crippen molar-refractivity contribution in [2.24, 2.45) is 0 Å². The summed E-state index contributed by atoms with van der Waals surface area (Å²) in [6.07, 6.45) is 1.54. The zero-order chi connectivity index (χ0) is 22.3. The second kappa shape index (κ2) is 10.3. The van der Waals surface area contributed by atoms with E-state index in [-0.39, 0.29) is 17.4 Å². The smallest absolute Gasteiger partial charge is 0.270 e. The Morgan fingerprint density at radius 2 is 1.84 bits per heavy atom. The molecule has 4 rings (SSSR count). The highest BCUT2D eigenvalue weighted by atomic mass is 32.2. The van der Waals surface area contributed by atoms with Gasteiger partial charge in [-0.25, -0.2) is 4.98 Å². The molecule has 0 atom stereocenters. The lowest BCUT2D eigenvalue weighted by Gasteiger charge is -2.26. The van der Waals surface area contributed by atoms with E-state index in [9.17, 15) is 14.4 Å². The van der Waals surface area contributed by atoms with Crippen LogP contribution in [-0.4, -0.2) is 65.4 Å². The van der Waals surface area contributed by atoms with Crippen molar-refractivity contribution in [2.75, 3.05) is 37.8 Å². The van der Waals surface area contributed by atoms with Gasteiger partial charge in [0, 0.05) is 18.5 Å². The lowest BCUT2D eigenvalue weighted by molar-refractivity contribution is -0.132. The molecule has 1 aliphatic rings. The number of amides is 3. The lowest BCUT2D eigenvalue weighted by Crippen LogP contribution is -2.43. The number of hydrazine groups is 1. The summed E-state index contributed by atoms with van der Waals surface area (Å²) in [5, 5.41) is 0.653. The fourth-order valence-corrected chi connectivity index (χ4v) is 4.00. The third-order valence-electron chi connectivity index (χ3n) is 4.87. The van der Waals surface area contributed by atoms with Crippen LogP contribution in [0.1, 0.15) is 10.4 Å². The van der Waals surface area contributed by atoms with Crippen molar-refractivity contribution in [1.29, 1.82) is 0 Å². The predicted octanol–water partition coefficient (Wildman–Crippen LogP) is 1.85. The molecule has 9 nitrogen and oxygen atoms in total. The average molecular weight is 455 g/mol. The van der Waals surface area contributed by atoms with E-state index >= 15 is 0 Å². The van der Waals surface area contributed by atoms with Crippen molar-refractivity contribution in [3.8, 4) is 11.5 Å². The van der Waals surface area contributed by atoms with Crippen molar-refractivity contribution in [1.82, 2.24) is 20.7 Å². The van der Waals surface area contributed by atoms with Crippen molar-refractivity contribution >= 4 is 40.4 Å². The van der Waals surface area contributed by atoms with Crippen LogP contribution in [0.5, 0.6) is 0 Å². The summed E-state index contributed by atoms with van der Waals surface area (Å²) >= 11 is 1.20. The van der Waals surface area contributed by atoms with Crippen LogP contribution in [0.3, 0.4) is 0 Å². The number of thioether (sulfide) groups is 1. The number of hydrogen-bond donors (Lipinski definition) is 2. The van der Waals surface area contributed by atoms with E-state index < -0.39 is 11.8 Å². The molecule has 0 spiro atoms. The Balaban J connectivity index is 1.34. The number of pyridine rings is 1. The number of nitrogens with one attached hydrogen (secondary N) is 2. The molecule has 2 N–H and O–H groups in total.